The number of nitrogens with zero attached hydrogens (tertiary/aromatic N) is 1. The van der Waals surface area contributed by atoms with E-state index in [0.717, 1.165) is 17.7 Å². The number of ether oxygens (including phenoxy) is 2. The SMILES string of the molecule is COc1cncc2c1C1(O)C(=O)CC(c3ccccc3)C1(c1ccc(C(F)(F)F)cc1)O2. The highest BCUT2D eigenvalue weighted by atomic mass is 19.4. The van der Waals surface area contributed by atoms with Crippen LogP contribution in [0.1, 0.15) is 34.6 Å². The van der Waals surface area contributed by atoms with E-state index in [-0.39, 0.29) is 29.0 Å². The number of benzene rings is 2. The van der Waals surface area contributed by atoms with Crippen molar-refractivity contribution in [2.45, 2.75) is 29.7 Å². The molecule has 8 heteroatoms. The number of alkyl halides is 3. The van der Waals surface area contributed by atoms with Gasteiger partial charge in [0.1, 0.15) is 11.5 Å². The first-order valence-corrected chi connectivity index (χ1v) is 9.93. The summed E-state index contributed by atoms with van der Waals surface area (Å²) in [5.74, 6) is -0.842. The molecule has 32 heavy (non-hydrogen) atoms. The van der Waals surface area contributed by atoms with Crippen LogP contribution in [0.15, 0.2) is 67.0 Å². The van der Waals surface area contributed by atoms with E-state index in [1.54, 1.807) is 24.3 Å². The van der Waals surface area contributed by atoms with Crippen LogP contribution >= 0.6 is 0 Å². The van der Waals surface area contributed by atoms with E-state index in [9.17, 15) is 23.1 Å². The normalized spacial score (nSPS) is 26.4. The van der Waals surface area contributed by atoms with Gasteiger partial charge in [-0.25, -0.2) is 0 Å². The van der Waals surface area contributed by atoms with Gasteiger partial charge in [-0.2, -0.15) is 13.2 Å². The Kier molecular flexibility index (Phi) is 4.36. The topological polar surface area (TPSA) is 68.7 Å². The molecule has 1 aromatic heterocycles. The first kappa shape index (κ1) is 20.5. The van der Waals surface area contributed by atoms with Crippen molar-refractivity contribution < 1.29 is 32.5 Å². The van der Waals surface area contributed by atoms with Crippen molar-refractivity contribution in [3.63, 3.8) is 0 Å². The zero-order valence-corrected chi connectivity index (χ0v) is 16.9. The molecule has 1 saturated carbocycles. The lowest BCUT2D eigenvalue weighted by atomic mass is 9.71. The average molecular weight is 441 g/mol. The van der Waals surface area contributed by atoms with E-state index in [2.05, 4.69) is 4.98 Å². The minimum absolute atomic E-state index is 0.0630. The van der Waals surface area contributed by atoms with Gasteiger partial charge in [0, 0.05) is 12.3 Å². The van der Waals surface area contributed by atoms with Gasteiger partial charge in [-0.1, -0.05) is 42.5 Å². The molecule has 1 fully saturated rings. The van der Waals surface area contributed by atoms with Gasteiger partial charge >= 0.3 is 6.18 Å². The maximum Gasteiger partial charge on any atom is 0.416 e. The van der Waals surface area contributed by atoms with E-state index < -0.39 is 34.6 Å². The van der Waals surface area contributed by atoms with Crippen molar-refractivity contribution in [1.82, 2.24) is 4.98 Å². The average Bonchev–Trinajstić information content (AvgIpc) is 3.19. The van der Waals surface area contributed by atoms with Crippen molar-refractivity contribution in [1.29, 1.82) is 0 Å². The summed E-state index contributed by atoms with van der Waals surface area (Å²) < 4.78 is 51.3. The highest BCUT2D eigenvalue weighted by molar-refractivity contribution is 5.97. The first-order valence-electron chi connectivity index (χ1n) is 9.93. The predicted molar refractivity (Wildman–Crippen MR) is 107 cm³/mol. The second kappa shape index (κ2) is 6.80. The van der Waals surface area contributed by atoms with E-state index in [1.165, 1.54) is 31.6 Å². The van der Waals surface area contributed by atoms with Gasteiger partial charge in [0.05, 0.1) is 30.6 Å². The Labute approximate surface area is 181 Å². The molecule has 0 spiro atoms. The molecule has 3 atom stereocenters. The van der Waals surface area contributed by atoms with Crippen LogP contribution in [0.3, 0.4) is 0 Å². The Hall–Kier alpha value is -3.39. The van der Waals surface area contributed by atoms with Crippen LogP contribution in [0, 0.1) is 0 Å². The third kappa shape index (κ3) is 2.56. The monoisotopic (exact) mass is 441 g/mol. The summed E-state index contributed by atoms with van der Waals surface area (Å²) in [5.41, 5.74) is -3.58. The fourth-order valence-corrected chi connectivity index (χ4v) is 5.01. The number of pyridine rings is 1. The van der Waals surface area contributed by atoms with Crippen LogP contribution in [-0.2, 0) is 22.2 Å². The van der Waals surface area contributed by atoms with E-state index in [4.69, 9.17) is 9.47 Å². The number of hydrogen-bond acceptors (Lipinski definition) is 5. The second-order valence-electron chi connectivity index (χ2n) is 7.93. The second-order valence-corrected chi connectivity index (χ2v) is 7.93. The molecule has 3 unspecified atom stereocenters. The molecule has 164 valence electrons. The van der Waals surface area contributed by atoms with Gasteiger partial charge in [0.25, 0.3) is 0 Å². The Bertz CT molecular complexity index is 1200. The lowest BCUT2D eigenvalue weighted by Gasteiger charge is -2.39. The van der Waals surface area contributed by atoms with Crippen LogP contribution in [0.2, 0.25) is 0 Å². The zero-order chi connectivity index (χ0) is 22.7. The Morgan fingerprint density at radius 2 is 1.78 bits per heavy atom. The minimum Gasteiger partial charge on any atom is -0.495 e. The van der Waals surface area contributed by atoms with Gasteiger partial charge in [-0.05, 0) is 23.3 Å². The number of ketones is 1. The molecule has 2 aromatic carbocycles. The van der Waals surface area contributed by atoms with E-state index >= 15 is 0 Å². The van der Waals surface area contributed by atoms with Gasteiger partial charge in [-0.3, -0.25) is 9.78 Å². The Balaban J connectivity index is 1.79. The van der Waals surface area contributed by atoms with Gasteiger partial charge in [0.2, 0.25) is 0 Å². The third-order valence-corrected chi connectivity index (χ3v) is 6.39. The molecule has 5 nitrogen and oxygen atoms in total. The molecule has 2 aliphatic rings. The molecule has 1 N–H and O–H groups in total. The van der Waals surface area contributed by atoms with Crippen molar-refractivity contribution in [3.8, 4) is 11.5 Å². The number of rotatable bonds is 3. The summed E-state index contributed by atoms with van der Waals surface area (Å²) in [6, 6.07) is 13.4. The first-order chi connectivity index (χ1) is 15.2. The molecule has 1 aliphatic carbocycles. The van der Waals surface area contributed by atoms with Gasteiger partial charge < -0.3 is 14.6 Å². The fraction of sp³-hybridized carbons (Fsp3) is 0.250. The summed E-state index contributed by atoms with van der Waals surface area (Å²) in [6.45, 7) is 0. The molecule has 3 aromatic rings. The van der Waals surface area contributed by atoms with Crippen LogP contribution in [0.5, 0.6) is 11.5 Å². The number of methoxy groups -OCH3 is 1. The van der Waals surface area contributed by atoms with Gasteiger partial charge in [0.15, 0.2) is 17.0 Å². The maximum atomic E-state index is 13.4. The number of aliphatic hydroxyl groups is 1. The number of carbonyl (C=O) groups excluding carboxylic acids is 1. The van der Waals surface area contributed by atoms with Crippen LogP contribution in [-0.4, -0.2) is 23.0 Å². The Morgan fingerprint density at radius 3 is 2.41 bits per heavy atom. The zero-order valence-electron chi connectivity index (χ0n) is 16.9. The summed E-state index contributed by atoms with van der Waals surface area (Å²) in [7, 11) is 1.38. The molecular formula is C24H18F3NO4. The number of hydrogen-bond donors (Lipinski definition) is 1. The molecule has 5 rings (SSSR count). The highest BCUT2D eigenvalue weighted by Gasteiger charge is 2.74. The summed E-state index contributed by atoms with van der Waals surface area (Å²) in [6.07, 6.45) is -1.85. The molecule has 0 saturated heterocycles. The van der Waals surface area contributed by atoms with E-state index in [1.807, 2.05) is 6.07 Å². The number of aromatic nitrogens is 1. The Morgan fingerprint density at radius 1 is 1.09 bits per heavy atom. The molecule has 0 radical (unpaired) electrons. The predicted octanol–water partition coefficient (Wildman–Crippen LogP) is 4.34. The minimum atomic E-state index is -4.52. The number of halogens is 3. The number of carbonyl (C=O) groups is 1. The van der Waals surface area contributed by atoms with Crippen molar-refractivity contribution >= 4 is 5.78 Å². The summed E-state index contributed by atoms with van der Waals surface area (Å²) in [4.78, 5) is 17.5. The summed E-state index contributed by atoms with van der Waals surface area (Å²) >= 11 is 0. The maximum absolute atomic E-state index is 13.4. The largest absolute Gasteiger partial charge is 0.495 e. The van der Waals surface area contributed by atoms with Crippen molar-refractivity contribution in [2.75, 3.05) is 7.11 Å². The van der Waals surface area contributed by atoms with Crippen LogP contribution < -0.4 is 9.47 Å². The molecule has 1 aliphatic heterocycles. The molecular weight excluding hydrogens is 423 g/mol. The molecule has 2 heterocycles. The lowest BCUT2D eigenvalue weighted by molar-refractivity contribution is -0.151. The molecule has 0 bridgehead atoms. The van der Waals surface area contributed by atoms with Crippen molar-refractivity contribution in [2.24, 2.45) is 0 Å². The smallest absolute Gasteiger partial charge is 0.416 e. The third-order valence-electron chi connectivity index (χ3n) is 6.39. The standard InChI is InChI=1S/C24H18F3NO4/c1-31-18-12-28-13-19-21(18)22(30)20(29)11-17(14-5-3-2-4-6-14)23(22,32-19)15-7-9-16(10-8-15)24(25,26)27/h2-10,12-13,17,30H,11H2,1H3. The highest BCUT2D eigenvalue weighted by Crippen LogP contribution is 2.66. The van der Waals surface area contributed by atoms with Gasteiger partial charge in [-0.15, -0.1) is 0 Å². The van der Waals surface area contributed by atoms with Crippen molar-refractivity contribution in [3.05, 3.63) is 89.2 Å². The van der Waals surface area contributed by atoms with E-state index in [0.29, 0.717) is 0 Å². The fourth-order valence-electron chi connectivity index (χ4n) is 5.01. The van der Waals surface area contributed by atoms with Crippen LogP contribution in [0.4, 0.5) is 13.2 Å². The number of fused-ring (bicyclic) bond motifs is 3. The van der Waals surface area contributed by atoms with Crippen LogP contribution in [0.25, 0.3) is 0 Å². The quantitative estimate of drug-likeness (QED) is 0.655. The molecule has 0 amide bonds. The lowest BCUT2D eigenvalue weighted by Crippen LogP contribution is -2.50. The number of Topliss-reactive ketones (excluding diaryl/α,β-unsaturated/α-hetero) is 1. The summed E-state index contributed by atoms with van der Waals surface area (Å²) in [5, 5.41) is 12.0.